The number of rotatable bonds is 7. The van der Waals surface area contributed by atoms with Gasteiger partial charge in [0.15, 0.2) is 0 Å². The molecule has 0 saturated carbocycles. The number of nitrogens with zero attached hydrogens (tertiary/aromatic N) is 2. The van der Waals surface area contributed by atoms with Crippen molar-refractivity contribution in [3.8, 4) is 11.5 Å². The summed E-state index contributed by atoms with van der Waals surface area (Å²) < 4.78 is 10.2. The van der Waals surface area contributed by atoms with Crippen LogP contribution in [0.4, 0.5) is 5.69 Å². The number of esters is 1. The maximum Gasteiger partial charge on any atom is 0.308 e. The van der Waals surface area contributed by atoms with Crippen molar-refractivity contribution < 1.29 is 28.7 Å². The van der Waals surface area contributed by atoms with Gasteiger partial charge < -0.3 is 14.4 Å². The van der Waals surface area contributed by atoms with Crippen molar-refractivity contribution >= 4 is 29.4 Å². The number of methoxy groups -OCH3 is 1. The fraction of sp³-hybridized carbons (Fsp3) is 0.360. The summed E-state index contributed by atoms with van der Waals surface area (Å²) in [5, 5.41) is 0. The molecule has 0 spiro atoms. The first-order valence-corrected chi connectivity index (χ1v) is 10.7. The second kappa shape index (κ2) is 9.44. The number of anilines is 1. The fourth-order valence-corrected chi connectivity index (χ4v) is 3.80. The number of hydrogen-bond donors (Lipinski definition) is 0. The molecule has 2 aromatic carbocycles. The van der Waals surface area contributed by atoms with E-state index in [4.69, 9.17) is 9.47 Å². The number of carbonyl (C=O) groups excluding carboxylic acids is 4. The number of ether oxygens (including phenoxy) is 2. The monoisotopic (exact) mass is 452 g/mol. The largest absolute Gasteiger partial charge is 0.497 e. The lowest BCUT2D eigenvalue weighted by atomic mass is 9.94. The molecule has 8 heteroatoms. The van der Waals surface area contributed by atoms with E-state index in [1.165, 1.54) is 36.1 Å². The van der Waals surface area contributed by atoms with Crippen molar-refractivity contribution in [1.29, 1.82) is 0 Å². The highest BCUT2D eigenvalue weighted by molar-refractivity contribution is 6.23. The van der Waals surface area contributed by atoms with Gasteiger partial charge in [0.05, 0.1) is 19.2 Å². The fourth-order valence-electron chi connectivity index (χ4n) is 3.80. The summed E-state index contributed by atoms with van der Waals surface area (Å²) in [7, 11) is 1.54. The topological polar surface area (TPSA) is 93.2 Å². The van der Waals surface area contributed by atoms with Crippen molar-refractivity contribution in [1.82, 2.24) is 4.90 Å². The van der Waals surface area contributed by atoms with Crippen molar-refractivity contribution in [3.05, 3.63) is 54.1 Å². The average Bonchev–Trinajstić information content (AvgIpc) is 3.07. The van der Waals surface area contributed by atoms with Crippen molar-refractivity contribution in [3.63, 3.8) is 0 Å². The van der Waals surface area contributed by atoms with Gasteiger partial charge in [-0.25, -0.2) is 4.90 Å². The first kappa shape index (κ1) is 24.0. The lowest BCUT2D eigenvalue weighted by Crippen LogP contribution is -2.55. The molecule has 0 bridgehead atoms. The molecule has 0 aliphatic carbocycles. The molecular formula is C25H28N2O6. The van der Waals surface area contributed by atoms with Crippen LogP contribution < -0.4 is 14.4 Å². The molecular weight excluding hydrogens is 424 g/mol. The Bertz CT molecular complexity index is 1060. The molecule has 1 saturated heterocycles. The molecule has 1 fully saturated rings. The third kappa shape index (κ3) is 4.89. The maximum absolute atomic E-state index is 13.5. The predicted octanol–water partition coefficient (Wildman–Crippen LogP) is 3.58. The van der Waals surface area contributed by atoms with E-state index in [-0.39, 0.29) is 12.3 Å². The lowest BCUT2D eigenvalue weighted by molar-refractivity contribution is -0.132. The van der Waals surface area contributed by atoms with E-state index in [0.29, 0.717) is 29.2 Å². The van der Waals surface area contributed by atoms with E-state index < -0.39 is 29.4 Å². The molecule has 1 aliphatic heterocycles. The Morgan fingerprint density at radius 1 is 1.03 bits per heavy atom. The predicted molar refractivity (Wildman–Crippen MR) is 122 cm³/mol. The molecule has 33 heavy (non-hydrogen) atoms. The van der Waals surface area contributed by atoms with Gasteiger partial charge in [-0.3, -0.25) is 19.2 Å². The average molecular weight is 453 g/mol. The van der Waals surface area contributed by atoms with Crippen molar-refractivity contribution in [2.24, 2.45) is 0 Å². The van der Waals surface area contributed by atoms with Crippen LogP contribution in [0.2, 0.25) is 0 Å². The van der Waals surface area contributed by atoms with E-state index in [1.807, 2.05) is 20.8 Å². The quantitative estimate of drug-likeness (QED) is 0.362. The van der Waals surface area contributed by atoms with Gasteiger partial charge in [0.1, 0.15) is 17.5 Å². The van der Waals surface area contributed by atoms with E-state index >= 15 is 0 Å². The second-order valence-electron chi connectivity index (χ2n) is 8.44. The maximum atomic E-state index is 13.5. The number of imide groups is 1. The zero-order valence-electron chi connectivity index (χ0n) is 19.5. The zero-order chi connectivity index (χ0) is 24.3. The Hall–Kier alpha value is -3.68. The highest BCUT2D eigenvalue weighted by atomic mass is 16.5. The zero-order valence-corrected chi connectivity index (χ0v) is 19.5. The molecule has 1 aliphatic rings. The van der Waals surface area contributed by atoms with Crippen LogP contribution in [-0.4, -0.2) is 47.3 Å². The van der Waals surface area contributed by atoms with Crippen LogP contribution in [0.3, 0.4) is 0 Å². The standard InChI is InChI=1S/C25H28N2O6/c1-6-25(3,4)27(23(30)17-7-11-19(32-5)12-8-17)21-15-22(29)26(24(21)31)18-9-13-20(14-10-18)33-16(2)28/h7-14,21H,6,15H2,1-5H3. The number of amides is 3. The highest BCUT2D eigenvalue weighted by Gasteiger charge is 2.48. The van der Waals surface area contributed by atoms with Gasteiger partial charge >= 0.3 is 5.97 Å². The molecule has 3 rings (SSSR count). The minimum atomic E-state index is -0.935. The van der Waals surface area contributed by atoms with Gasteiger partial charge in [0.25, 0.3) is 11.8 Å². The molecule has 1 unspecified atom stereocenters. The van der Waals surface area contributed by atoms with Crippen LogP contribution in [0.1, 0.15) is 50.9 Å². The Morgan fingerprint density at radius 3 is 2.12 bits per heavy atom. The van der Waals surface area contributed by atoms with Gasteiger partial charge in [-0.05, 0) is 68.8 Å². The number of hydrogen-bond acceptors (Lipinski definition) is 6. The molecule has 2 aromatic rings. The normalized spacial score (nSPS) is 16.0. The van der Waals surface area contributed by atoms with E-state index in [9.17, 15) is 19.2 Å². The minimum Gasteiger partial charge on any atom is -0.497 e. The minimum absolute atomic E-state index is 0.115. The third-order valence-electron chi connectivity index (χ3n) is 5.86. The van der Waals surface area contributed by atoms with E-state index in [1.54, 1.807) is 31.4 Å². The van der Waals surface area contributed by atoms with Crippen molar-refractivity contribution in [2.45, 2.75) is 52.1 Å². The van der Waals surface area contributed by atoms with Crippen LogP contribution >= 0.6 is 0 Å². The lowest BCUT2D eigenvalue weighted by Gasteiger charge is -2.41. The molecule has 1 atom stereocenters. The summed E-state index contributed by atoms with van der Waals surface area (Å²) in [5.74, 6) is -0.740. The van der Waals surface area contributed by atoms with E-state index in [2.05, 4.69) is 0 Å². The molecule has 174 valence electrons. The highest BCUT2D eigenvalue weighted by Crippen LogP contribution is 2.33. The van der Waals surface area contributed by atoms with Crippen LogP contribution in [0, 0.1) is 0 Å². The SMILES string of the molecule is CCC(C)(C)N(C(=O)c1ccc(OC)cc1)C1CC(=O)N(c2ccc(OC(C)=O)cc2)C1=O. The summed E-state index contributed by atoms with van der Waals surface area (Å²) in [5.41, 5.74) is 0.0867. The summed E-state index contributed by atoms with van der Waals surface area (Å²) in [6, 6.07) is 11.8. The Morgan fingerprint density at radius 2 is 1.61 bits per heavy atom. The summed E-state index contributed by atoms with van der Waals surface area (Å²) in [4.78, 5) is 53.6. The van der Waals surface area contributed by atoms with Crippen LogP contribution in [0.15, 0.2) is 48.5 Å². The third-order valence-corrected chi connectivity index (χ3v) is 5.86. The van der Waals surface area contributed by atoms with Crippen LogP contribution in [0.25, 0.3) is 0 Å². The molecule has 0 N–H and O–H groups in total. The Labute approximate surface area is 193 Å². The summed E-state index contributed by atoms with van der Waals surface area (Å²) >= 11 is 0. The Balaban J connectivity index is 1.93. The number of benzene rings is 2. The van der Waals surface area contributed by atoms with Gasteiger partial charge in [-0.2, -0.15) is 0 Å². The van der Waals surface area contributed by atoms with Gasteiger partial charge in [-0.1, -0.05) is 6.92 Å². The Kier molecular flexibility index (Phi) is 6.86. The second-order valence-corrected chi connectivity index (χ2v) is 8.44. The molecule has 0 aromatic heterocycles. The first-order chi connectivity index (χ1) is 15.6. The smallest absolute Gasteiger partial charge is 0.308 e. The summed E-state index contributed by atoms with van der Waals surface area (Å²) in [6.07, 6.45) is 0.472. The first-order valence-electron chi connectivity index (χ1n) is 10.7. The van der Waals surface area contributed by atoms with Gasteiger partial charge in [0, 0.05) is 18.0 Å². The number of carbonyl (C=O) groups is 4. The molecule has 8 nitrogen and oxygen atoms in total. The van der Waals surface area contributed by atoms with Crippen LogP contribution in [-0.2, 0) is 14.4 Å². The van der Waals surface area contributed by atoms with E-state index in [0.717, 1.165) is 4.90 Å². The van der Waals surface area contributed by atoms with Gasteiger partial charge in [0.2, 0.25) is 5.91 Å². The molecule has 0 radical (unpaired) electrons. The van der Waals surface area contributed by atoms with Crippen molar-refractivity contribution in [2.75, 3.05) is 12.0 Å². The van der Waals surface area contributed by atoms with Crippen LogP contribution in [0.5, 0.6) is 11.5 Å². The summed E-state index contributed by atoms with van der Waals surface area (Å²) in [6.45, 7) is 6.97. The van der Waals surface area contributed by atoms with Gasteiger partial charge in [-0.15, -0.1) is 0 Å². The molecule has 1 heterocycles. The molecule has 3 amide bonds.